The minimum absolute atomic E-state index is 0.428. The van der Waals surface area contributed by atoms with Crippen LogP contribution in [0.3, 0.4) is 0 Å². The fraction of sp³-hybridized carbons (Fsp3) is 0.625. The van der Waals surface area contributed by atoms with E-state index in [1.807, 2.05) is 12.1 Å². The molecule has 1 N–H and O–H groups in total. The lowest BCUT2D eigenvalue weighted by molar-refractivity contribution is 0.149. The first-order valence-electron chi connectivity index (χ1n) is 7.58. The minimum Gasteiger partial charge on any atom is -0.310 e. The Morgan fingerprint density at radius 3 is 2.40 bits per heavy atom. The molecule has 4 heteroatoms. The lowest BCUT2D eigenvalue weighted by atomic mass is 10.0. The number of benzene rings is 1. The van der Waals surface area contributed by atoms with E-state index in [0.717, 1.165) is 24.5 Å². The molecule has 1 fully saturated rings. The van der Waals surface area contributed by atoms with Gasteiger partial charge in [-0.25, -0.2) is 0 Å². The van der Waals surface area contributed by atoms with Gasteiger partial charge < -0.3 is 15.1 Å². The second kappa shape index (κ2) is 7.99. The first-order chi connectivity index (χ1) is 9.69. The molecule has 20 heavy (non-hydrogen) atoms. The average molecular weight is 296 g/mol. The number of likely N-dealkylation sites (N-methyl/N-ethyl adjacent to an activating group) is 1. The summed E-state index contributed by atoms with van der Waals surface area (Å²) in [4.78, 5) is 4.97. The predicted octanol–water partition coefficient (Wildman–Crippen LogP) is 2.63. The molecule has 0 amide bonds. The molecule has 1 atom stereocenters. The Morgan fingerprint density at radius 1 is 1.15 bits per heavy atom. The van der Waals surface area contributed by atoms with E-state index in [2.05, 4.69) is 41.2 Å². The highest BCUT2D eigenvalue weighted by Gasteiger charge is 2.16. The molecule has 0 aliphatic carbocycles. The monoisotopic (exact) mass is 295 g/mol. The molecule has 1 aliphatic rings. The van der Waals surface area contributed by atoms with Crippen molar-refractivity contribution in [2.75, 3.05) is 46.3 Å². The van der Waals surface area contributed by atoms with Crippen molar-refractivity contribution in [1.29, 1.82) is 0 Å². The number of hydrogen-bond donors (Lipinski definition) is 1. The standard InChI is InChI=1S/C16H26ClN3/c1-3-18-16(14-4-6-15(17)7-5-14)8-9-20-12-10-19(2)11-13-20/h4-7,16,18H,3,8-13H2,1-2H3. The van der Waals surface area contributed by atoms with Crippen molar-refractivity contribution in [3.05, 3.63) is 34.9 Å². The van der Waals surface area contributed by atoms with Gasteiger partial charge in [0.25, 0.3) is 0 Å². The second-order valence-corrected chi connectivity index (χ2v) is 6.03. The first-order valence-corrected chi connectivity index (χ1v) is 7.96. The van der Waals surface area contributed by atoms with Gasteiger partial charge >= 0.3 is 0 Å². The van der Waals surface area contributed by atoms with Gasteiger partial charge in [0, 0.05) is 43.8 Å². The maximum absolute atomic E-state index is 5.97. The first kappa shape index (κ1) is 15.8. The van der Waals surface area contributed by atoms with E-state index in [1.165, 1.54) is 31.7 Å². The number of piperazine rings is 1. The van der Waals surface area contributed by atoms with Crippen LogP contribution in [0.1, 0.15) is 24.9 Å². The summed E-state index contributed by atoms with van der Waals surface area (Å²) in [6.45, 7) is 9.08. The molecule has 0 bridgehead atoms. The van der Waals surface area contributed by atoms with Crippen LogP contribution in [0.15, 0.2) is 24.3 Å². The van der Waals surface area contributed by atoms with Gasteiger partial charge in [0.05, 0.1) is 0 Å². The summed E-state index contributed by atoms with van der Waals surface area (Å²) < 4.78 is 0. The molecule has 0 spiro atoms. The lowest BCUT2D eigenvalue weighted by Crippen LogP contribution is -2.45. The summed E-state index contributed by atoms with van der Waals surface area (Å²) in [7, 11) is 2.20. The molecule has 0 saturated carbocycles. The Hall–Kier alpha value is -0.610. The Morgan fingerprint density at radius 2 is 1.80 bits per heavy atom. The fourth-order valence-electron chi connectivity index (χ4n) is 2.71. The molecule has 1 saturated heterocycles. The maximum atomic E-state index is 5.97. The predicted molar refractivity (Wildman–Crippen MR) is 86.4 cm³/mol. The summed E-state index contributed by atoms with van der Waals surface area (Å²) in [5.74, 6) is 0. The third-order valence-electron chi connectivity index (χ3n) is 4.05. The van der Waals surface area contributed by atoms with Crippen LogP contribution in [0.5, 0.6) is 0 Å². The summed E-state index contributed by atoms with van der Waals surface area (Å²) in [5.41, 5.74) is 1.34. The van der Waals surface area contributed by atoms with Gasteiger partial charge in [0.1, 0.15) is 0 Å². The van der Waals surface area contributed by atoms with Crippen LogP contribution in [0.4, 0.5) is 0 Å². The van der Waals surface area contributed by atoms with Crippen LogP contribution in [0, 0.1) is 0 Å². The quantitative estimate of drug-likeness (QED) is 0.870. The van der Waals surface area contributed by atoms with Gasteiger partial charge in [-0.3, -0.25) is 0 Å². The molecular weight excluding hydrogens is 270 g/mol. The van der Waals surface area contributed by atoms with Crippen LogP contribution in [-0.4, -0.2) is 56.1 Å². The van der Waals surface area contributed by atoms with Crippen molar-refractivity contribution < 1.29 is 0 Å². The number of rotatable bonds is 6. The second-order valence-electron chi connectivity index (χ2n) is 5.60. The van der Waals surface area contributed by atoms with Crippen molar-refractivity contribution in [2.24, 2.45) is 0 Å². The van der Waals surface area contributed by atoms with Crippen LogP contribution < -0.4 is 5.32 Å². The van der Waals surface area contributed by atoms with Gasteiger partial charge in [0.15, 0.2) is 0 Å². The summed E-state index contributed by atoms with van der Waals surface area (Å²) in [6, 6.07) is 8.67. The van der Waals surface area contributed by atoms with E-state index in [0.29, 0.717) is 6.04 Å². The van der Waals surface area contributed by atoms with Gasteiger partial charge in [-0.05, 0) is 37.7 Å². The molecule has 3 nitrogen and oxygen atoms in total. The fourth-order valence-corrected chi connectivity index (χ4v) is 2.84. The van der Waals surface area contributed by atoms with Gasteiger partial charge in [-0.2, -0.15) is 0 Å². The Kier molecular flexibility index (Phi) is 6.30. The molecule has 0 radical (unpaired) electrons. The third-order valence-corrected chi connectivity index (χ3v) is 4.30. The summed E-state index contributed by atoms with van der Waals surface area (Å²) in [5, 5.41) is 4.39. The maximum Gasteiger partial charge on any atom is 0.0406 e. The molecular formula is C16H26ClN3. The average Bonchev–Trinajstić information content (AvgIpc) is 2.46. The van der Waals surface area contributed by atoms with Gasteiger partial charge in [-0.1, -0.05) is 30.7 Å². The molecule has 1 aromatic carbocycles. The molecule has 0 aromatic heterocycles. The largest absolute Gasteiger partial charge is 0.310 e. The molecule has 1 aliphatic heterocycles. The van der Waals surface area contributed by atoms with Crippen LogP contribution in [-0.2, 0) is 0 Å². The molecule has 1 aromatic rings. The van der Waals surface area contributed by atoms with E-state index < -0.39 is 0 Å². The van der Waals surface area contributed by atoms with Crippen molar-refractivity contribution >= 4 is 11.6 Å². The van der Waals surface area contributed by atoms with Crippen molar-refractivity contribution in [2.45, 2.75) is 19.4 Å². The number of halogens is 1. The zero-order valence-corrected chi connectivity index (χ0v) is 13.4. The summed E-state index contributed by atoms with van der Waals surface area (Å²) >= 11 is 5.97. The Balaban J connectivity index is 1.87. The van der Waals surface area contributed by atoms with E-state index in [9.17, 15) is 0 Å². The topological polar surface area (TPSA) is 18.5 Å². The SMILES string of the molecule is CCNC(CCN1CCN(C)CC1)c1ccc(Cl)cc1. The lowest BCUT2D eigenvalue weighted by Gasteiger charge is -2.33. The number of hydrogen-bond acceptors (Lipinski definition) is 3. The van der Waals surface area contributed by atoms with Crippen LogP contribution in [0.25, 0.3) is 0 Å². The highest BCUT2D eigenvalue weighted by molar-refractivity contribution is 6.30. The van der Waals surface area contributed by atoms with E-state index in [1.54, 1.807) is 0 Å². The third kappa shape index (κ3) is 4.74. The minimum atomic E-state index is 0.428. The van der Waals surface area contributed by atoms with Gasteiger partial charge in [-0.15, -0.1) is 0 Å². The summed E-state index contributed by atoms with van der Waals surface area (Å²) in [6.07, 6.45) is 1.15. The van der Waals surface area contributed by atoms with Crippen LogP contribution in [0.2, 0.25) is 5.02 Å². The van der Waals surface area contributed by atoms with Crippen molar-refractivity contribution in [3.63, 3.8) is 0 Å². The Labute approximate surface area is 127 Å². The molecule has 2 rings (SSSR count). The van der Waals surface area contributed by atoms with Crippen molar-refractivity contribution in [1.82, 2.24) is 15.1 Å². The molecule has 1 heterocycles. The number of nitrogens with zero attached hydrogens (tertiary/aromatic N) is 2. The van der Waals surface area contributed by atoms with Crippen molar-refractivity contribution in [3.8, 4) is 0 Å². The van der Waals surface area contributed by atoms with E-state index >= 15 is 0 Å². The smallest absolute Gasteiger partial charge is 0.0406 e. The Bertz CT molecular complexity index is 385. The zero-order chi connectivity index (χ0) is 14.4. The highest BCUT2D eigenvalue weighted by atomic mass is 35.5. The molecule has 112 valence electrons. The zero-order valence-electron chi connectivity index (χ0n) is 12.6. The van der Waals surface area contributed by atoms with E-state index in [-0.39, 0.29) is 0 Å². The van der Waals surface area contributed by atoms with Crippen LogP contribution >= 0.6 is 11.6 Å². The molecule has 1 unspecified atom stereocenters. The van der Waals surface area contributed by atoms with Gasteiger partial charge in [0.2, 0.25) is 0 Å². The van der Waals surface area contributed by atoms with E-state index in [4.69, 9.17) is 11.6 Å². The number of nitrogens with one attached hydrogen (secondary N) is 1. The normalized spacial score (nSPS) is 19.1. The highest BCUT2D eigenvalue weighted by Crippen LogP contribution is 2.20.